The quantitative estimate of drug-likeness (QED) is 0.881. The summed E-state index contributed by atoms with van der Waals surface area (Å²) in [6.45, 7) is 2.20. The highest BCUT2D eigenvalue weighted by molar-refractivity contribution is 5.94. The number of amides is 1. The maximum Gasteiger partial charge on any atom is 0.251 e. The molecule has 0 fully saturated rings. The molecule has 2 N–H and O–H groups in total. The Morgan fingerprint density at radius 3 is 2.37 bits per heavy atom. The lowest BCUT2D eigenvalue weighted by molar-refractivity contribution is 0.0916. The van der Waals surface area contributed by atoms with Crippen LogP contribution in [0.1, 0.15) is 27.6 Å². The number of carbonyl (C=O) groups is 1. The zero-order chi connectivity index (χ0) is 13.7. The molecule has 0 bridgehead atoms. The zero-order valence-corrected chi connectivity index (χ0v) is 10.8. The predicted octanol–water partition coefficient (Wildman–Crippen LogP) is 2.46. The lowest BCUT2D eigenvalue weighted by atomic mass is 10.1. The SMILES string of the molecule is Cc1ccc([C@H](O)CNC(=O)c2ccccc2)cc1. The molecule has 1 amide bonds. The molecular formula is C16H17NO2. The third-order valence-electron chi connectivity index (χ3n) is 2.95. The predicted molar refractivity (Wildman–Crippen MR) is 74.9 cm³/mol. The van der Waals surface area contributed by atoms with Crippen LogP contribution in [0, 0.1) is 6.92 Å². The number of carbonyl (C=O) groups excluding carboxylic acids is 1. The summed E-state index contributed by atoms with van der Waals surface area (Å²) >= 11 is 0. The van der Waals surface area contributed by atoms with Crippen molar-refractivity contribution in [1.82, 2.24) is 5.32 Å². The average molecular weight is 255 g/mol. The number of nitrogens with one attached hydrogen (secondary N) is 1. The topological polar surface area (TPSA) is 49.3 Å². The van der Waals surface area contributed by atoms with Gasteiger partial charge in [-0.15, -0.1) is 0 Å². The van der Waals surface area contributed by atoms with Crippen LogP contribution in [0.15, 0.2) is 54.6 Å². The van der Waals surface area contributed by atoms with E-state index < -0.39 is 6.10 Å². The first-order valence-corrected chi connectivity index (χ1v) is 6.24. The molecule has 0 saturated heterocycles. The second-order valence-electron chi connectivity index (χ2n) is 4.50. The maximum absolute atomic E-state index is 11.8. The van der Waals surface area contributed by atoms with E-state index in [0.29, 0.717) is 5.56 Å². The van der Waals surface area contributed by atoms with E-state index in [0.717, 1.165) is 11.1 Å². The van der Waals surface area contributed by atoms with Crippen molar-refractivity contribution in [3.8, 4) is 0 Å². The van der Waals surface area contributed by atoms with Gasteiger partial charge in [0.1, 0.15) is 0 Å². The molecular weight excluding hydrogens is 238 g/mol. The first-order chi connectivity index (χ1) is 9.16. The summed E-state index contributed by atoms with van der Waals surface area (Å²) in [5.41, 5.74) is 2.54. The van der Waals surface area contributed by atoms with Crippen molar-refractivity contribution >= 4 is 5.91 Å². The highest BCUT2D eigenvalue weighted by Gasteiger charge is 2.10. The second kappa shape index (κ2) is 6.16. The molecule has 3 heteroatoms. The number of aliphatic hydroxyl groups is 1. The molecule has 2 aromatic rings. The third-order valence-corrected chi connectivity index (χ3v) is 2.95. The highest BCUT2D eigenvalue weighted by atomic mass is 16.3. The number of aryl methyl sites for hydroxylation is 1. The Morgan fingerprint density at radius 1 is 1.11 bits per heavy atom. The zero-order valence-electron chi connectivity index (χ0n) is 10.8. The summed E-state index contributed by atoms with van der Waals surface area (Å²) < 4.78 is 0. The van der Waals surface area contributed by atoms with E-state index in [9.17, 15) is 9.90 Å². The monoisotopic (exact) mass is 255 g/mol. The van der Waals surface area contributed by atoms with E-state index in [4.69, 9.17) is 0 Å². The van der Waals surface area contributed by atoms with Gasteiger partial charge in [0, 0.05) is 12.1 Å². The Kier molecular flexibility index (Phi) is 4.31. The number of benzene rings is 2. The van der Waals surface area contributed by atoms with Crippen molar-refractivity contribution in [3.05, 3.63) is 71.3 Å². The molecule has 0 spiro atoms. The van der Waals surface area contributed by atoms with Crippen molar-refractivity contribution in [2.45, 2.75) is 13.0 Å². The number of hydrogen-bond donors (Lipinski definition) is 2. The van der Waals surface area contributed by atoms with Crippen molar-refractivity contribution in [1.29, 1.82) is 0 Å². The van der Waals surface area contributed by atoms with Gasteiger partial charge in [-0.3, -0.25) is 4.79 Å². The third kappa shape index (κ3) is 3.66. The molecule has 3 nitrogen and oxygen atoms in total. The number of aliphatic hydroxyl groups excluding tert-OH is 1. The summed E-state index contributed by atoms with van der Waals surface area (Å²) in [5.74, 6) is -0.174. The molecule has 98 valence electrons. The van der Waals surface area contributed by atoms with Crippen LogP contribution in [0.25, 0.3) is 0 Å². The fourth-order valence-corrected chi connectivity index (χ4v) is 1.79. The van der Waals surface area contributed by atoms with Crippen molar-refractivity contribution in [3.63, 3.8) is 0 Å². The summed E-state index contributed by atoms with van der Waals surface area (Å²) in [4.78, 5) is 11.8. The van der Waals surface area contributed by atoms with E-state index in [1.54, 1.807) is 12.1 Å². The second-order valence-corrected chi connectivity index (χ2v) is 4.50. The van der Waals surface area contributed by atoms with E-state index in [-0.39, 0.29) is 12.5 Å². The molecule has 0 unspecified atom stereocenters. The van der Waals surface area contributed by atoms with Gasteiger partial charge < -0.3 is 10.4 Å². The molecule has 1 atom stereocenters. The molecule has 0 aliphatic carbocycles. The molecule has 0 heterocycles. The first kappa shape index (κ1) is 13.3. The Morgan fingerprint density at radius 2 is 1.74 bits per heavy atom. The lowest BCUT2D eigenvalue weighted by Gasteiger charge is -2.12. The van der Waals surface area contributed by atoms with Crippen LogP contribution >= 0.6 is 0 Å². The van der Waals surface area contributed by atoms with E-state index in [2.05, 4.69) is 5.32 Å². The Labute approximate surface area is 112 Å². The van der Waals surface area contributed by atoms with Gasteiger partial charge in [-0.05, 0) is 24.6 Å². The minimum atomic E-state index is -0.687. The Balaban J connectivity index is 1.92. The fourth-order valence-electron chi connectivity index (χ4n) is 1.79. The minimum absolute atomic E-state index is 0.174. The van der Waals surface area contributed by atoms with E-state index >= 15 is 0 Å². The number of rotatable bonds is 4. The standard InChI is InChI=1S/C16H17NO2/c1-12-7-9-13(10-8-12)15(18)11-17-16(19)14-5-3-2-4-6-14/h2-10,15,18H,11H2,1H3,(H,17,19)/t15-/m1/s1. The average Bonchev–Trinajstić information content (AvgIpc) is 2.46. The van der Waals surface area contributed by atoms with Crippen LogP contribution in [-0.4, -0.2) is 17.6 Å². The number of hydrogen-bond acceptors (Lipinski definition) is 2. The van der Waals surface area contributed by atoms with Crippen LogP contribution in [-0.2, 0) is 0 Å². The largest absolute Gasteiger partial charge is 0.387 e. The van der Waals surface area contributed by atoms with Crippen LogP contribution in [0.3, 0.4) is 0 Å². The summed E-state index contributed by atoms with van der Waals surface area (Å²) in [6, 6.07) is 16.6. The van der Waals surface area contributed by atoms with E-state index in [1.807, 2.05) is 49.4 Å². The van der Waals surface area contributed by atoms with Gasteiger partial charge in [-0.1, -0.05) is 48.0 Å². The summed E-state index contributed by atoms with van der Waals surface area (Å²) in [6.07, 6.45) is -0.687. The molecule has 2 aromatic carbocycles. The smallest absolute Gasteiger partial charge is 0.251 e. The molecule has 19 heavy (non-hydrogen) atoms. The van der Waals surface area contributed by atoms with Gasteiger partial charge in [-0.2, -0.15) is 0 Å². The van der Waals surface area contributed by atoms with Crippen LogP contribution < -0.4 is 5.32 Å². The van der Waals surface area contributed by atoms with Crippen molar-refractivity contribution in [2.75, 3.05) is 6.54 Å². The van der Waals surface area contributed by atoms with Crippen molar-refractivity contribution in [2.24, 2.45) is 0 Å². The Hall–Kier alpha value is -2.13. The molecule has 0 aromatic heterocycles. The van der Waals surface area contributed by atoms with E-state index in [1.165, 1.54) is 0 Å². The molecule has 0 radical (unpaired) electrons. The maximum atomic E-state index is 11.8. The summed E-state index contributed by atoms with van der Waals surface area (Å²) in [7, 11) is 0. The fraction of sp³-hybridized carbons (Fsp3) is 0.188. The van der Waals surface area contributed by atoms with Crippen LogP contribution in [0.2, 0.25) is 0 Å². The van der Waals surface area contributed by atoms with Gasteiger partial charge in [0.2, 0.25) is 0 Å². The lowest BCUT2D eigenvalue weighted by Crippen LogP contribution is -2.28. The molecule has 0 aliphatic heterocycles. The molecule has 0 saturated carbocycles. The van der Waals surface area contributed by atoms with Crippen LogP contribution in [0.4, 0.5) is 0 Å². The normalized spacial score (nSPS) is 11.9. The Bertz CT molecular complexity index is 534. The summed E-state index contributed by atoms with van der Waals surface area (Å²) in [5, 5.41) is 12.7. The van der Waals surface area contributed by atoms with Gasteiger partial charge >= 0.3 is 0 Å². The van der Waals surface area contributed by atoms with Gasteiger partial charge in [0.15, 0.2) is 0 Å². The van der Waals surface area contributed by atoms with Crippen molar-refractivity contribution < 1.29 is 9.90 Å². The molecule has 2 rings (SSSR count). The molecule has 0 aliphatic rings. The first-order valence-electron chi connectivity index (χ1n) is 6.24. The van der Waals surface area contributed by atoms with Gasteiger partial charge in [0.25, 0.3) is 5.91 Å². The minimum Gasteiger partial charge on any atom is -0.387 e. The van der Waals surface area contributed by atoms with Gasteiger partial charge in [0.05, 0.1) is 6.10 Å². The van der Waals surface area contributed by atoms with Gasteiger partial charge in [-0.25, -0.2) is 0 Å². The van der Waals surface area contributed by atoms with Crippen LogP contribution in [0.5, 0.6) is 0 Å². The highest BCUT2D eigenvalue weighted by Crippen LogP contribution is 2.12.